The van der Waals surface area contributed by atoms with E-state index in [-0.39, 0.29) is 5.91 Å². The van der Waals surface area contributed by atoms with E-state index in [0.29, 0.717) is 13.0 Å². The normalized spacial score (nSPS) is 10.9. The van der Waals surface area contributed by atoms with Gasteiger partial charge in [0.05, 0.1) is 16.8 Å². The highest BCUT2D eigenvalue weighted by atomic mass is 35.5. The monoisotopic (exact) mass is 404 g/mol. The molecule has 0 saturated heterocycles. The van der Waals surface area contributed by atoms with Crippen molar-refractivity contribution in [2.45, 2.75) is 32.1 Å². The number of hydrogen-bond donors (Lipinski definition) is 2. The average Bonchev–Trinajstić information content (AvgIpc) is 3.10. The molecule has 1 aromatic heterocycles. The van der Waals surface area contributed by atoms with Crippen LogP contribution in [-0.2, 0) is 4.79 Å². The van der Waals surface area contributed by atoms with E-state index in [1.807, 2.05) is 42.5 Å². The molecular formula is C20H21ClN2O3S. The van der Waals surface area contributed by atoms with Crippen molar-refractivity contribution in [1.29, 1.82) is 0 Å². The Hall–Kier alpha value is -2.15. The summed E-state index contributed by atoms with van der Waals surface area (Å²) in [5.41, 5.74) is 3.65. The van der Waals surface area contributed by atoms with Gasteiger partial charge in [0.15, 0.2) is 0 Å². The Morgan fingerprint density at radius 1 is 1.11 bits per heavy atom. The van der Waals surface area contributed by atoms with Crippen LogP contribution < -0.4 is 10.2 Å². The summed E-state index contributed by atoms with van der Waals surface area (Å²) in [5, 5.41) is 10.1. The Balaban J connectivity index is 1.45. The molecule has 0 aliphatic heterocycles. The average molecular weight is 405 g/mol. The van der Waals surface area contributed by atoms with Crippen molar-refractivity contribution in [2.75, 3.05) is 6.61 Å². The lowest BCUT2D eigenvalue weighted by molar-refractivity contribution is -0.129. The second-order valence-electron chi connectivity index (χ2n) is 6.20. The molecule has 0 spiro atoms. The molecule has 0 unspecified atom stereocenters. The van der Waals surface area contributed by atoms with Gasteiger partial charge in [-0.05, 0) is 55.3 Å². The van der Waals surface area contributed by atoms with E-state index in [2.05, 4.69) is 4.98 Å². The van der Waals surface area contributed by atoms with E-state index in [1.165, 1.54) is 0 Å². The largest absolute Gasteiger partial charge is 0.494 e. The molecule has 0 aliphatic carbocycles. The lowest BCUT2D eigenvalue weighted by Gasteiger charge is -2.06. The van der Waals surface area contributed by atoms with Gasteiger partial charge in [-0.2, -0.15) is 0 Å². The van der Waals surface area contributed by atoms with Crippen LogP contribution in [0.4, 0.5) is 0 Å². The number of thiazole rings is 1. The number of hydrogen-bond acceptors (Lipinski definition) is 5. The van der Waals surface area contributed by atoms with Gasteiger partial charge < -0.3 is 4.74 Å². The zero-order valence-corrected chi connectivity index (χ0v) is 16.4. The van der Waals surface area contributed by atoms with Gasteiger partial charge >= 0.3 is 0 Å². The van der Waals surface area contributed by atoms with Gasteiger partial charge in [-0.25, -0.2) is 10.5 Å². The molecule has 0 saturated carbocycles. The topological polar surface area (TPSA) is 71.5 Å². The van der Waals surface area contributed by atoms with Crippen LogP contribution in [0.3, 0.4) is 0 Å². The quantitative estimate of drug-likeness (QED) is 0.282. The standard InChI is InChI=1S/C20H21ClN2O3S/c21-15-8-11-17-18(13-15)27-20(22-17)14-6-9-16(10-7-14)26-12-4-2-1-3-5-19(24)23-25/h6-11,13,25H,1-5,12H2,(H,23,24). The van der Waals surface area contributed by atoms with E-state index in [0.717, 1.165) is 57.2 Å². The van der Waals surface area contributed by atoms with Gasteiger partial charge in [0, 0.05) is 17.0 Å². The highest BCUT2D eigenvalue weighted by Gasteiger charge is 2.07. The predicted octanol–water partition coefficient (Wildman–Crippen LogP) is 5.45. The number of nitrogens with zero attached hydrogens (tertiary/aromatic N) is 1. The van der Waals surface area contributed by atoms with E-state index < -0.39 is 0 Å². The van der Waals surface area contributed by atoms with E-state index in [4.69, 9.17) is 21.5 Å². The van der Waals surface area contributed by atoms with Crippen LogP contribution in [0, 0.1) is 0 Å². The fraction of sp³-hybridized carbons (Fsp3) is 0.300. The van der Waals surface area contributed by atoms with Crippen molar-refractivity contribution in [2.24, 2.45) is 0 Å². The molecule has 0 atom stereocenters. The molecule has 3 rings (SSSR count). The number of benzene rings is 2. The van der Waals surface area contributed by atoms with Crippen molar-refractivity contribution in [1.82, 2.24) is 10.5 Å². The third-order valence-corrected chi connectivity index (χ3v) is 5.45. The summed E-state index contributed by atoms with van der Waals surface area (Å²) in [6, 6.07) is 13.7. The van der Waals surface area contributed by atoms with Gasteiger partial charge in [-0.1, -0.05) is 24.4 Å². The minimum Gasteiger partial charge on any atom is -0.494 e. The number of aromatic nitrogens is 1. The van der Waals surface area contributed by atoms with Gasteiger partial charge in [0.2, 0.25) is 5.91 Å². The Bertz CT molecular complexity index is 896. The fourth-order valence-corrected chi connectivity index (χ4v) is 3.95. The number of carbonyl (C=O) groups is 1. The molecule has 0 bridgehead atoms. The maximum atomic E-state index is 10.9. The SMILES string of the molecule is O=C(CCCCCCOc1ccc(-c2nc3ccc(Cl)cc3s2)cc1)NO. The molecule has 3 aromatic rings. The second kappa shape index (κ2) is 9.69. The van der Waals surface area contributed by atoms with Crippen LogP contribution in [0.5, 0.6) is 5.75 Å². The lowest BCUT2D eigenvalue weighted by atomic mass is 10.1. The Kier molecular flexibility index (Phi) is 7.04. The molecule has 2 aromatic carbocycles. The van der Waals surface area contributed by atoms with Crippen LogP contribution >= 0.6 is 22.9 Å². The third kappa shape index (κ3) is 5.66. The molecule has 0 radical (unpaired) electrons. The maximum Gasteiger partial charge on any atom is 0.243 e. The molecule has 2 N–H and O–H groups in total. The summed E-state index contributed by atoms with van der Waals surface area (Å²) in [7, 11) is 0. The van der Waals surface area contributed by atoms with Crippen LogP contribution in [0.2, 0.25) is 5.02 Å². The van der Waals surface area contributed by atoms with Crippen molar-refractivity contribution in [3.8, 4) is 16.3 Å². The van der Waals surface area contributed by atoms with Crippen LogP contribution in [0.15, 0.2) is 42.5 Å². The molecule has 0 fully saturated rings. The third-order valence-electron chi connectivity index (χ3n) is 4.14. The summed E-state index contributed by atoms with van der Waals surface area (Å²) >= 11 is 7.66. The zero-order chi connectivity index (χ0) is 19.1. The maximum absolute atomic E-state index is 10.9. The number of rotatable bonds is 9. The first-order valence-corrected chi connectivity index (χ1v) is 10.1. The first kappa shape index (κ1) is 19.6. The van der Waals surface area contributed by atoms with Crippen molar-refractivity contribution < 1.29 is 14.7 Å². The summed E-state index contributed by atoms with van der Waals surface area (Å²) in [5.74, 6) is 0.505. The number of nitrogens with one attached hydrogen (secondary N) is 1. The van der Waals surface area contributed by atoms with Gasteiger partial charge in [0.1, 0.15) is 10.8 Å². The number of ether oxygens (including phenoxy) is 1. The van der Waals surface area contributed by atoms with Gasteiger partial charge in [0.25, 0.3) is 0 Å². The summed E-state index contributed by atoms with van der Waals surface area (Å²) in [4.78, 5) is 15.5. The highest BCUT2D eigenvalue weighted by Crippen LogP contribution is 2.32. The minimum absolute atomic E-state index is 0.331. The van der Waals surface area contributed by atoms with Crippen molar-refractivity contribution in [3.63, 3.8) is 0 Å². The van der Waals surface area contributed by atoms with Gasteiger partial charge in [-0.3, -0.25) is 10.0 Å². The van der Waals surface area contributed by atoms with E-state index >= 15 is 0 Å². The summed E-state index contributed by atoms with van der Waals surface area (Å²) < 4.78 is 6.84. The highest BCUT2D eigenvalue weighted by molar-refractivity contribution is 7.21. The molecule has 1 heterocycles. The van der Waals surface area contributed by atoms with Crippen LogP contribution in [0.1, 0.15) is 32.1 Å². The van der Waals surface area contributed by atoms with Crippen LogP contribution in [-0.4, -0.2) is 22.7 Å². The number of carbonyl (C=O) groups excluding carboxylic acids is 1. The number of amides is 1. The van der Waals surface area contributed by atoms with E-state index in [9.17, 15) is 4.79 Å². The molecule has 142 valence electrons. The van der Waals surface area contributed by atoms with Crippen molar-refractivity contribution >= 4 is 39.1 Å². The smallest absolute Gasteiger partial charge is 0.243 e. The number of unbranched alkanes of at least 4 members (excludes halogenated alkanes) is 3. The van der Waals surface area contributed by atoms with Crippen LogP contribution in [0.25, 0.3) is 20.8 Å². The molecule has 5 nitrogen and oxygen atoms in total. The predicted molar refractivity (Wildman–Crippen MR) is 109 cm³/mol. The Labute approximate surface area is 166 Å². The number of halogens is 1. The first-order valence-electron chi connectivity index (χ1n) is 8.88. The van der Waals surface area contributed by atoms with Crippen molar-refractivity contribution in [3.05, 3.63) is 47.5 Å². The molecule has 0 aliphatic rings. The molecule has 27 heavy (non-hydrogen) atoms. The summed E-state index contributed by atoms with van der Waals surface area (Å²) in [6.45, 7) is 0.644. The number of fused-ring (bicyclic) bond motifs is 1. The molecular weight excluding hydrogens is 384 g/mol. The second-order valence-corrected chi connectivity index (χ2v) is 7.67. The number of hydroxylamine groups is 1. The first-order chi connectivity index (χ1) is 13.2. The van der Waals surface area contributed by atoms with E-state index in [1.54, 1.807) is 16.8 Å². The van der Waals surface area contributed by atoms with Gasteiger partial charge in [-0.15, -0.1) is 11.3 Å². The fourth-order valence-electron chi connectivity index (χ4n) is 2.70. The zero-order valence-electron chi connectivity index (χ0n) is 14.8. The Morgan fingerprint density at radius 3 is 2.67 bits per heavy atom. The lowest BCUT2D eigenvalue weighted by Crippen LogP contribution is -2.17. The molecule has 7 heteroatoms. The Morgan fingerprint density at radius 2 is 1.89 bits per heavy atom. The molecule has 1 amide bonds. The summed E-state index contributed by atoms with van der Waals surface area (Å²) in [6.07, 6.45) is 3.99. The minimum atomic E-state index is -0.331.